The van der Waals surface area contributed by atoms with Crippen molar-refractivity contribution in [3.63, 3.8) is 0 Å². The third-order valence-electron chi connectivity index (χ3n) is 5.06. The predicted molar refractivity (Wildman–Crippen MR) is 109 cm³/mol. The maximum Gasteiger partial charge on any atom is 0.429 e. The minimum absolute atomic E-state index is 0.0513. The van der Waals surface area contributed by atoms with E-state index in [2.05, 4.69) is 22.6 Å². The minimum Gasteiger partial charge on any atom is -0.494 e. The van der Waals surface area contributed by atoms with Crippen molar-refractivity contribution in [2.24, 2.45) is 0 Å². The number of halogens is 7. The fourth-order valence-electron chi connectivity index (χ4n) is 3.32. The van der Waals surface area contributed by atoms with E-state index in [9.17, 15) is 30.7 Å². The Morgan fingerprint density at radius 1 is 1.09 bits per heavy atom. The van der Waals surface area contributed by atoms with Crippen molar-refractivity contribution in [3.8, 4) is 11.5 Å². The van der Waals surface area contributed by atoms with E-state index in [1.807, 2.05) is 0 Å². The van der Waals surface area contributed by atoms with Crippen molar-refractivity contribution >= 4 is 0 Å². The lowest BCUT2D eigenvalue weighted by Gasteiger charge is -2.26. The molecule has 2 aromatic rings. The van der Waals surface area contributed by atoms with Crippen molar-refractivity contribution in [1.82, 2.24) is 0 Å². The summed E-state index contributed by atoms with van der Waals surface area (Å²) in [5.41, 5.74) is -2.04. The van der Waals surface area contributed by atoms with Gasteiger partial charge in [0.15, 0.2) is 34.7 Å². The molecule has 0 aliphatic carbocycles. The van der Waals surface area contributed by atoms with Gasteiger partial charge in [-0.2, -0.15) is 22.0 Å². The summed E-state index contributed by atoms with van der Waals surface area (Å²) in [4.78, 5) is 0. The molecule has 0 N–H and O–H groups in total. The summed E-state index contributed by atoms with van der Waals surface area (Å²) in [7, 11) is 1.11. The topological polar surface area (TPSA) is 27.7 Å². The highest BCUT2D eigenvalue weighted by Gasteiger charge is 2.42. The number of benzene rings is 2. The molecule has 0 atom stereocenters. The molecule has 10 heteroatoms. The molecule has 3 nitrogen and oxygen atoms in total. The maximum absolute atomic E-state index is 14.8. The number of fused-ring (bicyclic) bond motifs is 1. The molecular formula is C24H19F7O3. The van der Waals surface area contributed by atoms with E-state index in [0.717, 1.165) is 19.2 Å². The van der Waals surface area contributed by atoms with Gasteiger partial charge in [-0.25, -0.2) is 8.78 Å². The van der Waals surface area contributed by atoms with Crippen LogP contribution in [0, 0.1) is 23.3 Å². The maximum atomic E-state index is 14.8. The van der Waals surface area contributed by atoms with E-state index >= 15 is 0 Å². The molecule has 0 bridgehead atoms. The van der Waals surface area contributed by atoms with E-state index in [1.165, 1.54) is 0 Å². The van der Waals surface area contributed by atoms with Gasteiger partial charge in [-0.3, -0.25) is 0 Å². The molecular weight excluding hydrogens is 469 g/mol. The summed E-state index contributed by atoms with van der Waals surface area (Å²) in [6, 6.07) is 2.36. The summed E-state index contributed by atoms with van der Waals surface area (Å²) >= 11 is 0. The highest BCUT2D eigenvalue weighted by Crippen LogP contribution is 2.43. The molecule has 34 heavy (non-hydrogen) atoms. The normalized spacial score (nSPS) is 14.9. The largest absolute Gasteiger partial charge is 0.494 e. The molecule has 0 saturated heterocycles. The standard InChI is InChI=1S/C24H19F7O3/c1-5-6-13-7-8-16(20(28)18(13)26)34-24(30,31)15-10-14-9-11(2)22(17(25)12(3)32-4)33-23(14)21(29)19(15)27/h7-8,10H,2-3,5-6,9H2,1,4H3/b22-17-. The van der Waals surface area contributed by atoms with Crippen LogP contribution in [-0.4, -0.2) is 7.11 Å². The number of allylic oxidation sites excluding steroid dienone is 2. The van der Waals surface area contributed by atoms with Gasteiger partial charge in [-0.15, -0.1) is 0 Å². The molecule has 182 valence electrons. The molecule has 0 aromatic heterocycles. The second kappa shape index (κ2) is 9.44. The molecule has 0 radical (unpaired) electrons. The summed E-state index contributed by atoms with van der Waals surface area (Å²) in [5.74, 6) is -11.3. The Morgan fingerprint density at radius 3 is 2.38 bits per heavy atom. The number of rotatable bonds is 7. The molecule has 2 aromatic carbocycles. The van der Waals surface area contributed by atoms with Crippen LogP contribution in [0.5, 0.6) is 11.5 Å². The van der Waals surface area contributed by atoms with Crippen molar-refractivity contribution in [1.29, 1.82) is 0 Å². The van der Waals surface area contributed by atoms with Gasteiger partial charge in [0.25, 0.3) is 0 Å². The molecule has 0 fully saturated rings. The van der Waals surface area contributed by atoms with Crippen molar-refractivity contribution in [2.75, 3.05) is 7.11 Å². The molecule has 0 spiro atoms. The van der Waals surface area contributed by atoms with E-state index in [1.54, 1.807) is 6.92 Å². The Balaban J connectivity index is 2.02. The number of ether oxygens (including phenoxy) is 3. The van der Waals surface area contributed by atoms with Crippen LogP contribution < -0.4 is 9.47 Å². The zero-order valence-corrected chi connectivity index (χ0v) is 18.1. The second-order valence-corrected chi connectivity index (χ2v) is 7.41. The zero-order valence-electron chi connectivity index (χ0n) is 18.1. The van der Waals surface area contributed by atoms with Crippen LogP contribution in [0.25, 0.3) is 0 Å². The highest BCUT2D eigenvalue weighted by molar-refractivity contribution is 5.51. The third kappa shape index (κ3) is 4.49. The number of alkyl halides is 2. The summed E-state index contributed by atoms with van der Waals surface area (Å²) in [6.45, 7) is 8.53. The molecule has 1 heterocycles. The van der Waals surface area contributed by atoms with Crippen LogP contribution in [0.1, 0.15) is 30.0 Å². The van der Waals surface area contributed by atoms with Crippen molar-refractivity contribution in [3.05, 3.63) is 94.2 Å². The first-order valence-electron chi connectivity index (χ1n) is 9.96. The smallest absolute Gasteiger partial charge is 0.429 e. The van der Waals surface area contributed by atoms with Gasteiger partial charge in [0.05, 0.1) is 7.11 Å². The van der Waals surface area contributed by atoms with Gasteiger partial charge in [-0.1, -0.05) is 32.6 Å². The molecule has 0 amide bonds. The quantitative estimate of drug-likeness (QED) is 0.306. The third-order valence-corrected chi connectivity index (χ3v) is 5.06. The average Bonchev–Trinajstić information content (AvgIpc) is 2.79. The number of hydrogen-bond donors (Lipinski definition) is 0. The van der Waals surface area contributed by atoms with Crippen LogP contribution in [0.2, 0.25) is 0 Å². The Labute approximate surface area is 190 Å². The zero-order chi connectivity index (χ0) is 25.4. The monoisotopic (exact) mass is 488 g/mol. The van der Waals surface area contributed by atoms with Crippen LogP contribution >= 0.6 is 0 Å². The van der Waals surface area contributed by atoms with E-state index < -0.39 is 70.2 Å². The van der Waals surface area contributed by atoms with E-state index in [4.69, 9.17) is 4.74 Å². The van der Waals surface area contributed by atoms with Gasteiger partial charge in [-0.05, 0) is 29.7 Å². The van der Waals surface area contributed by atoms with Crippen LogP contribution in [0.3, 0.4) is 0 Å². The molecule has 0 saturated carbocycles. The Hall–Kier alpha value is -3.43. The fraction of sp³-hybridized carbons (Fsp3) is 0.250. The lowest BCUT2D eigenvalue weighted by atomic mass is 9.97. The van der Waals surface area contributed by atoms with E-state index in [0.29, 0.717) is 12.5 Å². The first kappa shape index (κ1) is 25.2. The summed E-state index contributed by atoms with van der Waals surface area (Å²) in [6.07, 6.45) is -4.38. The van der Waals surface area contributed by atoms with Gasteiger partial charge < -0.3 is 14.2 Å². The van der Waals surface area contributed by atoms with Gasteiger partial charge in [0, 0.05) is 12.0 Å². The molecule has 1 aliphatic rings. The number of aryl methyl sites for hydroxylation is 1. The number of hydrogen-bond acceptors (Lipinski definition) is 3. The average molecular weight is 488 g/mol. The fourth-order valence-corrected chi connectivity index (χ4v) is 3.32. The van der Waals surface area contributed by atoms with E-state index in [-0.39, 0.29) is 23.1 Å². The molecule has 3 rings (SSSR count). The lowest BCUT2D eigenvalue weighted by molar-refractivity contribution is -0.189. The van der Waals surface area contributed by atoms with Gasteiger partial charge >= 0.3 is 6.11 Å². The second-order valence-electron chi connectivity index (χ2n) is 7.41. The lowest BCUT2D eigenvalue weighted by Crippen LogP contribution is -2.26. The van der Waals surface area contributed by atoms with Gasteiger partial charge in [0.1, 0.15) is 5.56 Å². The Kier molecular flexibility index (Phi) is 6.99. The van der Waals surface area contributed by atoms with Gasteiger partial charge in [0.2, 0.25) is 17.5 Å². The first-order valence-corrected chi connectivity index (χ1v) is 9.96. The Morgan fingerprint density at radius 2 is 1.76 bits per heavy atom. The van der Waals surface area contributed by atoms with Crippen LogP contribution in [0.4, 0.5) is 30.7 Å². The first-order chi connectivity index (χ1) is 15.9. The number of methoxy groups -OCH3 is 1. The van der Waals surface area contributed by atoms with Crippen molar-refractivity contribution < 1.29 is 44.9 Å². The molecule has 1 aliphatic heterocycles. The SMILES string of the molecule is C=C(OC)/C(F)=C1/Oc2c(cc(C(F)(F)Oc3ccc(CCC)c(F)c3F)c(F)c2F)CC1=C. The van der Waals surface area contributed by atoms with Crippen LogP contribution in [0.15, 0.2) is 54.3 Å². The molecule has 0 unspecified atom stereocenters. The summed E-state index contributed by atoms with van der Waals surface area (Å²) < 4.78 is 116. The van der Waals surface area contributed by atoms with Crippen molar-refractivity contribution in [2.45, 2.75) is 32.3 Å². The predicted octanol–water partition coefficient (Wildman–Crippen LogP) is 7.16. The minimum atomic E-state index is -4.60. The van der Waals surface area contributed by atoms with Crippen LogP contribution in [-0.2, 0) is 23.7 Å². The summed E-state index contributed by atoms with van der Waals surface area (Å²) in [5, 5.41) is 0. The Bertz CT molecular complexity index is 1200. The highest BCUT2D eigenvalue weighted by atomic mass is 19.3.